The van der Waals surface area contributed by atoms with Crippen molar-refractivity contribution in [2.75, 3.05) is 31.9 Å². The third-order valence-electron chi connectivity index (χ3n) is 3.76. The Morgan fingerprint density at radius 2 is 1.96 bits per heavy atom. The molecule has 1 aliphatic rings. The van der Waals surface area contributed by atoms with E-state index in [1.807, 2.05) is 17.5 Å². The summed E-state index contributed by atoms with van der Waals surface area (Å²) in [6.07, 6.45) is 0. The number of halogens is 3. The predicted octanol–water partition coefficient (Wildman–Crippen LogP) is 3.01. The second-order valence-corrected chi connectivity index (χ2v) is 6.12. The van der Waals surface area contributed by atoms with Crippen LogP contribution in [0.3, 0.4) is 0 Å². The summed E-state index contributed by atoms with van der Waals surface area (Å²) in [7, 11) is 0. The molecule has 128 valence electrons. The normalized spacial score (nSPS) is 16.2. The number of nitrogens with one attached hydrogen (secondary N) is 1. The van der Waals surface area contributed by atoms with Crippen LogP contribution in [-0.4, -0.2) is 36.2 Å². The van der Waals surface area contributed by atoms with Crippen LogP contribution in [0.5, 0.6) is 5.75 Å². The molecule has 1 saturated heterocycles. The minimum Gasteiger partial charge on any atom is -0.505 e. The van der Waals surface area contributed by atoms with Gasteiger partial charge in [-0.1, -0.05) is 6.07 Å². The van der Waals surface area contributed by atoms with E-state index in [0.717, 1.165) is 37.1 Å². The first-order valence-corrected chi connectivity index (χ1v) is 7.81. The van der Waals surface area contributed by atoms with Gasteiger partial charge in [0.25, 0.3) is 0 Å². The van der Waals surface area contributed by atoms with E-state index in [2.05, 4.69) is 10.2 Å². The fourth-order valence-corrected chi connectivity index (χ4v) is 3.64. The summed E-state index contributed by atoms with van der Waals surface area (Å²) in [5, 5.41) is 15.6. The van der Waals surface area contributed by atoms with E-state index in [9.17, 15) is 9.50 Å². The molecule has 3 rings (SSSR count). The van der Waals surface area contributed by atoms with Crippen molar-refractivity contribution in [3.8, 4) is 5.75 Å². The molecule has 0 radical (unpaired) electrons. The summed E-state index contributed by atoms with van der Waals surface area (Å²) in [6, 6.07) is 6.36. The Labute approximate surface area is 151 Å². The fourth-order valence-electron chi connectivity index (χ4n) is 2.77. The van der Waals surface area contributed by atoms with Crippen LogP contribution in [0, 0.1) is 5.82 Å². The zero-order valence-electron chi connectivity index (χ0n) is 12.4. The first-order valence-electron chi connectivity index (χ1n) is 6.93. The highest BCUT2D eigenvalue weighted by Crippen LogP contribution is 2.39. The first kappa shape index (κ1) is 20.0. The van der Waals surface area contributed by atoms with E-state index < -0.39 is 5.82 Å². The maximum atomic E-state index is 13.8. The van der Waals surface area contributed by atoms with Crippen molar-refractivity contribution in [3.63, 3.8) is 0 Å². The lowest BCUT2D eigenvalue weighted by molar-refractivity contribution is 0.198. The van der Waals surface area contributed by atoms with E-state index in [1.165, 1.54) is 6.07 Å². The van der Waals surface area contributed by atoms with Gasteiger partial charge in [-0.05, 0) is 17.5 Å². The van der Waals surface area contributed by atoms with Crippen LogP contribution in [0.15, 0.2) is 29.6 Å². The van der Waals surface area contributed by atoms with Gasteiger partial charge >= 0.3 is 0 Å². The molecular formula is C15H20Cl2FN3OS. The molecule has 4 nitrogen and oxygen atoms in total. The SMILES string of the molecule is Cl.Cl.Nc1cc(F)cc([C@H](c2cccs2)N2CCNCC2)c1O. The van der Waals surface area contributed by atoms with Crippen LogP contribution in [0.25, 0.3) is 0 Å². The van der Waals surface area contributed by atoms with Gasteiger partial charge in [0.1, 0.15) is 11.6 Å². The van der Waals surface area contributed by atoms with Crippen molar-refractivity contribution in [3.05, 3.63) is 45.9 Å². The average Bonchev–Trinajstić information content (AvgIpc) is 2.99. The number of nitrogens with two attached hydrogens (primary N) is 1. The lowest BCUT2D eigenvalue weighted by Crippen LogP contribution is -2.45. The van der Waals surface area contributed by atoms with Gasteiger partial charge in [-0.15, -0.1) is 36.2 Å². The zero-order valence-corrected chi connectivity index (χ0v) is 14.8. The largest absolute Gasteiger partial charge is 0.505 e. The summed E-state index contributed by atoms with van der Waals surface area (Å²) in [5.74, 6) is -0.440. The molecule has 0 aliphatic carbocycles. The minimum absolute atomic E-state index is 0. The number of hydrogen-bond acceptors (Lipinski definition) is 5. The summed E-state index contributed by atoms with van der Waals surface area (Å²) in [5.41, 5.74) is 6.35. The van der Waals surface area contributed by atoms with Gasteiger partial charge in [-0.2, -0.15) is 0 Å². The maximum Gasteiger partial charge on any atom is 0.143 e. The number of thiophene rings is 1. The Balaban J connectivity index is 0.00000132. The molecular weight excluding hydrogens is 360 g/mol. The zero-order chi connectivity index (χ0) is 14.8. The lowest BCUT2D eigenvalue weighted by Gasteiger charge is -2.35. The van der Waals surface area contributed by atoms with Crippen molar-refractivity contribution in [2.45, 2.75) is 6.04 Å². The summed E-state index contributed by atoms with van der Waals surface area (Å²) in [4.78, 5) is 3.33. The number of piperazine rings is 1. The highest BCUT2D eigenvalue weighted by molar-refractivity contribution is 7.10. The molecule has 0 amide bonds. The van der Waals surface area contributed by atoms with Crippen molar-refractivity contribution < 1.29 is 9.50 Å². The third kappa shape index (κ3) is 4.28. The van der Waals surface area contributed by atoms with Crippen molar-refractivity contribution in [2.24, 2.45) is 0 Å². The van der Waals surface area contributed by atoms with Gasteiger partial charge in [-0.3, -0.25) is 4.90 Å². The Kier molecular flexibility index (Phi) is 7.57. The molecule has 2 aromatic rings. The number of anilines is 1. The number of phenolic OH excluding ortho intramolecular Hbond substituents is 1. The molecule has 0 saturated carbocycles. The van der Waals surface area contributed by atoms with E-state index in [0.29, 0.717) is 5.56 Å². The minimum atomic E-state index is -0.419. The van der Waals surface area contributed by atoms with Gasteiger partial charge in [0.15, 0.2) is 0 Å². The number of nitrogens with zero attached hydrogens (tertiary/aromatic N) is 1. The molecule has 4 N–H and O–H groups in total. The lowest BCUT2D eigenvalue weighted by atomic mass is 10.0. The van der Waals surface area contributed by atoms with Gasteiger partial charge in [0.2, 0.25) is 0 Å². The summed E-state index contributed by atoms with van der Waals surface area (Å²) < 4.78 is 13.8. The molecule has 1 atom stereocenters. The van der Waals surface area contributed by atoms with Gasteiger partial charge in [0.05, 0.1) is 11.7 Å². The summed E-state index contributed by atoms with van der Waals surface area (Å²) in [6.45, 7) is 3.46. The van der Waals surface area contributed by atoms with Crippen LogP contribution in [-0.2, 0) is 0 Å². The molecule has 1 fully saturated rings. The molecule has 1 aliphatic heterocycles. The standard InChI is InChI=1S/C15H18FN3OS.2ClH/c16-10-8-11(15(20)12(17)9-10)14(13-2-1-7-21-13)19-5-3-18-4-6-19;;/h1-2,7-9,14,18,20H,3-6,17H2;2*1H/t14-;;/m1../s1. The topological polar surface area (TPSA) is 61.5 Å². The fraction of sp³-hybridized carbons (Fsp3) is 0.333. The van der Waals surface area contributed by atoms with Crippen LogP contribution < -0.4 is 11.1 Å². The highest BCUT2D eigenvalue weighted by atomic mass is 35.5. The van der Waals surface area contributed by atoms with Crippen molar-refractivity contribution in [1.29, 1.82) is 0 Å². The van der Waals surface area contributed by atoms with E-state index in [4.69, 9.17) is 5.73 Å². The molecule has 0 bridgehead atoms. The molecule has 1 aromatic heterocycles. The maximum absolute atomic E-state index is 13.8. The molecule has 1 aromatic carbocycles. The van der Waals surface area contributed by atoms with E-state index in [-0.39, 0.29) is 42.3 Å². The number of benzene rings is 1. The number of phenols is 1. The number of rotatable bonds is 3. The second-order valence-electron chi connectivity index (χ2n) is 5.14. The van der Waals surface area contributed by atoms with E-state index >= 15 is 0 Å². The second kappa shape index (κ2) is 8.70. The summed E-state index contributed by atoms with van der Waals surface area (Å²) >= 11 is 1.60. The Hall–Kier alpha value is -1.05. The van der Waals surface area contributed by atoms with Crippen LogP contribution in [0.2, 0.25) is 0 Å². The van der Waals surface area contributed by atoms with Crippen LogP contribution >= 0.6 is 36.2 Å². The Morgan fingerprint density at radius 3 is 2.57 bits per heavy atom. The van der Waals surface area contributed by atoms with E-state index in [1.54, 1.807) is 11.3 Å². The van der Waals surface area contributed by atoms with Crippen molar-refractivity contribution in [1.82, 2.24) is 10.2 Å². The number of nitrogen functional groups attached to an aromatic ring is 1. The van der Waals surface area contributed by atoms with Crippen LogP contribution in [0.4, 0.5) is 10.1 Å². The third-order valence-corrected chi connectivity index (χ3v) is 4.68. The Morgan fingerprint density at radius 1 is 1.26 bits per heavy atom. The quantitative estimate of drug-likeness (QED) is 0.566. The van der Waals surface area contributed by atoms with Gasteiger partial charge < -0.3 is 16.2 Å². The van der Waals surface area contributed by atoms with Gasteiger partial charge in [0, 0.05) is 42.7 Å². The monoisotopic (exact) mass is 379 g/mol. The average molecular weight is 380 g/mol. The highest BCUT2D eigenvalue weighted by Gasteiger charge is 2.28. The number of hydrogen-bond donors (Lipinski definition) is 3. The van der Waals surface area contributed by atoms with Crippen LogP contribution in [0.1, 0.15) is 16.5 Å². The van der Waals surface area contributed by atoms with Crippen molar-refractivity contribution >= 4 is 41.8 Å². The molecule has 0 unspecified atom stereocenters. The predicted molar refractivity (Wildman–Crippen MR) is 97.6 cm³/mol. The van der Waals surface area contributed by atoms with Gasteiger partial charge in [-0.25, -0.2) is 4.39 Å². The molecule has 0 spiro atoms. The molecule has 23 heavy (non-hydrogen) atoms. The smallest absolute Gasteiger partial charge is 0.143 e. The molecule has 2 heterocycles. The molecule has 8 heteroatoms. The first-order chi connectivity index (χ1) is 10.2. The number of aromatic hydroxyl groups is 1. The Bertz CT molecular complexity index is 621.